The van der Waals surface area contributed by atoms with Crippen LogP contribution in [0.25, 0.3) is 0 Å². The molecule has 27 heavy (non-hydrogen) atoms. The summed E-state index contributed by atoms with van der Waals surface area (Å²) in [5.41, 5.74) is 2.36. The number of carbonyl (C=O) groups is 2. The van der Waals surface area contributed by atoms with Gasteiger partial charge < -0.3 is 10.1 Å². The summed E-state index contributed by atoms with van der Waals surface area (Å²) in [6.07, 6.45) is 4.18. The Hall–Kier alpha value is -1.85. The topological polar surface area (TPSA) is 55.4 Å². The van der Waals surface area contributed by atoms with Crippen LogP contribution in [0.15, 0.2) is 24.3 Å². The molecule has 144 valence electrons. The molecular weight excluding hydrogens is 382 g/mol. The van der Waals surface area contributed by atoms with E-state index in [0.29, 0.717) is 28.1 Å². The van der Waals surface area contributed by atoms with Gasteiger partial charge >= 0.3 is 5.97 Å². The third-order valence-electron chi connectivity index (χ3n) is 4.99. The zero-order chi connectivity index (χ0) is 19.4. The van der Waals surface area contributed by atoms with Gasteiger partial charge in [-0.1, -0.05) is 43.1 Å². The molecule has 1 aromatic carbocycles. The first-order chi connectivity index (χ1) is 13.0. The number of rotatable bonds is 6. The molecule has 0 bridgehead atoms. The van der Waals surface area contributed by atoms with Gasteiger partial charge in [-0.3, -0.25) is 4.79 Å². The summed E-state index contributed by atoms with van der Waals surface area (Å²) in [6, 6.07) is 7.29. The normalized spacial score (nSPS) is 15.9. The van der Waals surface area contributed by atoms with E-state index in [1.807, 2.05) is 18.2 Å². The van der Waals surface area contributed by atoms with Gasteiger partial charge in [0, 0.05) is 9.90 Å². The van der Waals surface area contributed by atoms with Crippen LogP contribution in [-0.4, -0.2) is 18.5 Å². The summed E-state index contributed by atoms with van der Waals surface area (Å²) in [5.74, 6) is 0.107. The average Bonchev–Trinajstić information content (AvgIpc) is 3.00. The van der Waals surface area contributed by atoms with Crippen LogP contribution in [0.2, 0.25) is 5.02 Å². The Morgan fingerprint density at radius 2 is 2.07 bits per heavy atom. The maximum absolute atomic E-state index is 12.6. The predicted molar refractivity (Wildman–Crippen MR) is 110 cm³/mol. The van der Waals surface area contributed by atoms with Crippen LogP contribution >= 0.6 is 22.9 Å². The largest absolute Gasteiger partial charge is 0.462 e. The fraction of sp³-hybridized carbons (Fsp3) is 0.429. The molecule has 1 aliphatic rings. The molecule has 0 unspecified atom stereocenters. The van der Waals surface area contributed by atoms with Crippen molar-refractivity contribution in [3.63, 3.8) is 0 Å². The highest BCUT2D eigenvalue weighted by molar-refractivity contribution is 7.17. The first kappa shape index (κ1) is 19.9. The predicted octanol–water partition coefficient (Wildman–Crippen LogP) is 5.27. The second-order valence-corrected chi connectivity index (χ2v) is 8.27. The molecule has 1 atom stereocenters. The first-order valence-electron chi connectivity index (χ1n) is 9.38. The Morgan fingerprint density at radius 3 is 2.78 bits per heavy atom. The van der Waals surface area contributed by atoms with E-state index in [0.717, 1.165) is 36.8 Å². The lowest BCUT2D eigenvalue weighted by Gasteiger charge is -2.20. The van der Waals surface area contributed by atoms with E-state index in [9.17, 15) is 9.59 Å². The van der Waals surface area contributed by atoms with Crippen LogP contribution < -0.4 is 5.32 Å². The molecule has 0 fully saturated rings. The maximum Gasteiger partial charge on any atom is 0.341 e. The highest BCUT2D eigenvalue weighted by Crippen LogP contribution is 2.40. The number of amides is 1. The Balaban J connectivity index is 1.85. The number of nitrogens with one attached hydrogen (secondary N) is 1. The minimum atomic E-state index is -0.349. The van der Waals surface area contributed by atoms with E-state index in [1.165, 1.54) is 16.2 Å². The molecule has 2 aromatic rings. The molecule has 6 heteroatoms. The lowest BCUT2D eigenvalue weighted by molar-refractivity contribution is -0.115. The number of benzene rings is 1. The van der Waals surface area contributed by atoms with Crippen molar-refractivity contribution in [2.24, 2.45) is 5.92 Å². The summed E-state index contributed by atoms with van der Waals surface area (Å²) in [7, 11) is 0. The Morgan fingerprint density at radius 1 is 1.30 bits per heavy atom. The summed E-state index contributed by atoms with van der Waals surface area (Å²) >= 11 is 7.67. The van der Waals surface area contributed by atoms with E-state index < -0.39 is 0 Å². The number of hydrogen-bond acceptors (Lipinski definition) is 4. The number of carbonyl (C=O) groups excluding carboxylic acids is 2. The monoisotopic (exact) mass is 405 g/mol. The smallest absolute Gasteiger partial charge is 0.341 e. The van der Waals surface area contributed by atoms with E-state index >= 15 is 0 Å². The number of halogens is 1. The molecule has 1 heterocycles. The number of anilines is 1. The van der Waals surface area contributed by atoms with Gasteiger partial charge in [0.1, 0.15) is 5.00 Å². The molecule has 1 aliphatic carbocycles. The van der Waals surface area contributed by atoms with Gasteiger partial charge in [0.05, 0.1) is 18.6 Å². The molecule has 4 nitrogen and oxygen atoms in total. The average molecular weight is 406 g/mol. The van der Waals surface area contributed by atoms with Crippen molar-refractivity contribution < 1.29 is 14.3 Å². The van der Waals surface area contributed by atoms with E-state index in [2.05, 4.69) is 12.2 Å². The molecule has 0 saturated carbocycles. The van der Waals surface area contributed by atoms with Crippen molar-refractivity contribution in [2.45, 2.75) is 46.0 Å². The fourth-order valence-electron chi connectivity index (χ4n) is 3.50. The van der Waals surface area contributed by atoms with E-state index in [4.69, 9.17) is 16.3 Å². The molecule has 1 N–H and O–H groups in total. The molecule has 1 amide bonds. The summed E-state index contributed by atoms with van der Waals surface area (Å²) in [4.78, 5) is 26.3. The van der Waals surface area contributed by atoms with Crippen molar-refractivity contribution in [3.8, 4) is 0 Å². The molecule has 0 spiro atoms. The maximum atomic E-state index is 12.6. The van der Waals surface area contributed by atoms with E-state index in [-0.39, 0.29) is 18.3 Å². The molecular formula is C21H24ClNO3S. The molecule has 3 rings (SSSR count). The Bertz CT molecular complexity index is 846. The van der Waals surface area contributed by atoms with Gasteiger partial charge in [-0.15, -0.1) is 11.3 Å². The number of thiophene rings is 1. The van der Waals surface area contributed by atoms with E-state index in [1.54, 1.807) is 13.0 Å². The zero-order valence-electron chi connectivity index (χ0n) is 15.6. The van der Waals surface area contributed by atoms with Crippen LogP contribution in [0.1, 0.15) is 53.1 Å². The zero-order valence-corrected chi connectivity index (χ0v) is 17.2. The third kappa shape index (κ3) is 4.53. The van der Waals surface area contributed by atoms with Crippen molar-refractivity contribution >= 4 is 39.8 Å². The van der Waals surface area contributed by atoms with Crippen molar-refractivity contribution in [1.82, 2.24) is 0 Å². The highest BCUT2D eigenvalue weighted by atomic mass is 35.5. The fourth-order valence-corrected chi connectivity index (χ4v) is 5.06. The van der Waals surface area contributed by atoms with Crippen LogP contribution in [0.3, 0.4) is 0 Å². The van der Waals surface area contributed by atoms with Crippen LogP contribution in [0.5, 0.6) is 0 Å². The van der Waals surface area contributed by atoms with Crippen LogP contribution in [0.4, 0.5) is 5.00 Å². The minimum absolute atomic E-state index is 0.169. The summed E-state index contributed by atoms with van der Waals surface area (Å²) in [6.45, 7) is 4.30. The second-order valence-electron chi connectivity index (χ2n) is 6.76. The molecule has 1 aromatic heterocycles. The molecule has 0 aliphatic heterocycles. The third-order valence-corrected chi connectivity index (χ3v) is 6.52. The van der Waals surface area contributed by atoms with Crippen molar-refractivity contribution in [1.29, 1.82) is 0 Å². The van der Waals surface area contributed by atoms with Gasteiger partial charge in [-0.2, -0.15) is 0 Å². The minimum Gasteiger partial charge on any atom is -0.462 e. The van der Waals surface area contributed by atoms with Crippen LogP contribution in [-0.2, 0) is 28.8 Å². The first-order valence-corrected chi connectivity index (χ1v) is 10.6. The van der Waals surface area contributed by atoms with Gasteiger partial charge in [-0.25, -0.2) is 4.79 Å². The Kier molecular flexibility index (Phi) is 6.55. The highest BCUT2D eigenvalue weighted by Gasteiger charge is 2.29. The lowest BCUT2D eigenvalue weighted by Crippen LogP contribution is -2.18. The standard InChI is InChI=1S/C21H24ClNO3S/c1-3-13-9-10-15-17(11-13)27-20(19(15)21(25)26-4-2)23-18(24)12-14-7-5-6-8-16(14)22/h5-8,13H,3-4,9-12H2,1-2H3,(H,23,24)/t13-/m0/s1. The Labute approximate surface area is 168 Å². The summed E-state index contributed by atoms with van der Waals surface area (Å²) in [5, 5.41) is 4.10. The number of ether oxygens (including phenoxy) is 1. The van der Waals surface area contributed by atoms with Gasteiger partial charge in [-0.05, 0) is 49.3 Å². The van der Waals surface area contributed by atoms with Gasteiger partial charge in [0.2, 0.25) is 5.91 Å². The lowest BCUT2D eigenvalue weighted by atomic mass is 9.85. The number of esters is 1. The van der Waals surface area contributed by atoms with Crippen molar-refractivity contribution in [2.75, 3.05) is 11.9 Å². The van der Waals surface area contributed by atoms with Crippen molar-refractivity contribution in [3.05, 3.63) is 50.9 Å². The van der Waals surface area contributed by atoms with Gasteiger partial charge in [0.15, 0.2) is 0 Å². The number of hydrogen-bond donors (Lipinski definition) is 1. The van der Waals surface area contributed by atoms with Crippen LogP contribution in [0, 0.1) is 5.92 Å². The quantitative estimate of drug-likeness (QED) is 0.665. The number of fused-ring (bicyclic) bond motifs is 1. The molecule has 0 saturated heterocycles. The van der Waals surface area contributed by atoms with Gasteiger partial charge in [0.25, 0.3) is 0 Å². The molecule has 0 radical (unpaired) electrons. The SMILES string of the molecule is CCOC(=O)c1c(NC(=O)Cc2ccccc2Cl)sc2c1CC[C@H](CC)C2. The summed E-state index contributed by atoms with van der Waals surface area (Å²) < 4.78 is 5.26. The second kappa shape index (κ2) is 8.89.